The summed E-state index contributed by atoms with van der Waals surface area (Å²) in [6.45, 7) is 3.98. The van der Waals surface area contributed by atoms with Gasteiger partial charge in [-0.1, -0.05) is 31.2 Å². The molecular formula is C17H17N3O. The molecule has 0 saturated heterocycles. The summed E-state index contributed by atoms with van der Waals surface area (Å²) >= 11 is 0. The highest BCUT2D eigenvalue weighted by Crippen LogP contribution is 2.18. The van der Waals surface area contributed by atoms with Gasteiger partial charge in [0.15, 0.2) is 0 Å². The van der Waals surface area contributed by atoms with Crippen LogP contribution < -0.4 is 5.32 Å². The molecule has 4 heteroatoms. The molecule has 0 spiro atoms. The summed E-state index contributed by atoms with van der Waals surface area (Å²) in [6.07, 6.45) is 2.59. The summed E-state index contributed by atoms with van der Waals surface area (Å²) in [5.74, 6) is -0.125. The minimum atomic E-state index is -0.125. The Kier molecular flexibility index (Phi) is 3.44. The number of nitrogens with one attached hydrogen (secondary N) is 1. The Hall–Kier alpha value is -2.62. The number of hydrogen-bond acceptors (Lipinski definition) is 2. The second-order valence-electron chi connectivity index (χ2n) is 4.96. The molecule has 3 rings (SSSR count). The predicted octanol–water partition coefficient (Wildman–Crippen LogP) is 3.46. The Labute approximate surface area is 123 Å². The molecule has 0 aliphatic carbocycles. The molecule has 0 fully saturated rings. The van der Waals surface area contributed by atoms with Crippen LogP contribution in [0.5, 0.6) is 0 Å². The average Bonchev–Trinajstić information content (AvgIpc) is 2.88. The van der Waals surface area contributed by atoms with E-state index in [4.69, 9.17) is 0 Å². The maximum Gasteiger partial charge on any atom is 0.274 e. The number of aromatic nitrogens is 2. The molecule has 0 bridgehead atoms. The first-order valence-electron chi connectivity index (χ1n) is 7.03. The summed E-state index contributed by atoms with van der Waals surface area (Å²) in [5.41, 5.74) is 4.08. The zero-order valence-corrected chi connectivity index (χ0v) is 12.1. The third kappa shape index (κ3) is 2.40. The number of fused-ring (bicyclic) bond motifs is 1. The highest BCUT2D eigenvalue weighted by molar-refractivity contribution is 6.04. The van der Waals surface area contributed by atoms with Gasteiger partial charge in [-0.05, 0) is 37.1 Å². The molecule has 3 aromatic rings. The van der Waals surface area contributed by atoms with Gasteiger partial charge in [0.2, 0.25) is 0 Å². The fourth-order valence-electron chi connectivity index (χ4n) is 2.43. The highest BCUT2D eigenvalue weighted by atomic mass is 16.2. The molecule has 2 heterocycles. The smallest absolute Gasteiger partial charge is 0.274 e. The molecule has 0 atom stereocenters. The van der Waals surface area contributed by atoms with Crippen LogP contribution in [0.15, 0.2) is 48.7 Å². The van der Waals surface area contributed by atoms with Gasteiger partial charge < -0.3 is 5.32 Å². The van der Waals surface area contributed by atoms with E-state index in [0.717, 1.165) is 29.0 Å². The number of pyridine rings is 1. The van der Waals surface area contributed by atoms with Crippen molar-refractivity contribution in [3.05, 3.63) is 65.6 Å². The highest BCUT2D eigenvalue weighted by Gasteiger charge is 2.18. The van der Waals surface area contributed by atoms with E-state index < -0.39 is 0 Å². The fourth-order valence-corrected chi connectivity index (χ4v) is 2.43. The van der Waals surface area contributed by atoms with Gasteiger partial charge in [0.1, 0.15) is 11.3 Å². The molecule has 2 aromatic heterocycles. The lowest BCUT2D eigenvalue weighted by Crippen LogP contribution is -2.16. The Morgan fingerprint density at radius 1 is 1.19 bits per heavy atom. The van der Waals surface area contributed by atoms with Gasteiger partial charge >= 0.3 is 0 Å². The molecule has 1 N–H and O–H groups in total. The third-order valence-corrected chi connectivity index (χ3v) is 3.55. The number of carbonyl (C=O) groups is 1. The van der Waals surface area contributed by atoms with Crippen LogP contribution in [-0.2, 0) is 6.42 Å². The van der Waals surface area contributed by atoms with Gasteiger partial charge in [-0.15, -0.1) is 0 Å². The van der Waals surface area contributed by atoms with Crippen molar-refractivity contribution in [3.8, 4) is 0 Å². The maximum absolute atomic E-state index is 12.6. The van der Waals surface area contributed by atoms with Crippen molar-refractivity contribution >= 4 is 17.2 Å². The van der Waals surface area contributed by atoms with Crippen LogP contribution in [0.1, 0.15) is 28.7 Å². The minimum absolute atomic E-state index is 0.125. The van der Waals surface area contributed by atoms with E-state index in [1.165, 1.54) is 0 Å². The quantitative estimate of drug-likeness (QED) is 0.798. The van der Waals surface area contributed by atoms with Crippen LogP contribution in [0.2, 0.25) is 0 Å². The van der Waals surface area contributed by atoms with Crippen molar-refractivity contribution in [2.75, 3.05) is 5.32 Å². The summed E-state index contributed by atoms with van der Waals surface area (Å²) in [5, 5.41) is 2.98. The number of rotatable bonds is 3. The van der Waals surface area contributed by atoms with E-state index in [1.54, 1.807) is 0 Å². The lowest BCUT2D eigenvalue weighted by Gasteiger charge is -2.09. The lowest BCUT2D eigenvalue weighted by atomic mass is 10.2. The number of amides is 1. The van der Waals surface area contributed by atoms with Crippen molar-refractivity contribution < 1.29 is 4.79 Å². The molecule has 1 amide bonds. The zero-order chi connectivity index (χ0) is 14.8. The minimum Gasteiger partial charge on any atom is -0.320 e. The molecule has 21 heavy (non-hydrogen) atoms. The van der Waals surface area contributed by atoms with Crippen LogP contribution >= 0.6 is 0 Å². The zero-order valence-electron chi connectivity index (χ0n) is 12.1. The number of hydrogen-bond donors (Lipinski definition) is 1. The van der Waals surface area contributed by atoms with Crippen LogP contribution in [0.4, 0.5) is 5.69 Å². The van der Waals surface area contributed by atoms with Crippen molar-refractivity contribution in [1.29, 1.82) is 0 Å². The van der Waals surface area contributed by atoms with Crippen LogP contribution in [0, 0.1) is 6.92 Å². The number of benzene rings is 1. The molecule has 0 unspecified atom stereocenters. The first kappa shape index (κ1) is 13.4. The fraction of sp³-hybridized carbons (Fsp3) is 0.176. The van der Waals surface area contributed by atoms with Gasteiger partial charge in [-0.25, -0.2) is 4.98 Å². The van der Waals surface area contributed by atoms with E-state index in [2.05, 4.69) is 10.3 Å². The second-order valence-corrected chi connectivity index (χ2v) is 4.96. The van der Waals surface area contributed by atoms with Gasteiger partial charge in [-0.2, -0.15) is 0 Å². The topological polar surface area (TPSA) is 46.4 Å². The van der Waals surface area contributed by atoms with Crippen molar-refractivity contribution in [2.24, 2.45) is 0 Å². The number of imidazole rings is 1. The maximum atomic E-state index is 12.6. The monoisotopic (exact) mass is 279 g/mol. The Morgan fingerprint density at radius 3 is 2.71 bits per heavy atom. The molecule has 106 valence electrons. The standard InChI is InChI=1S/C17H17N3O/c1-3-13-16(20-11-7-6-10-15(20)18-13)17(21)19-14-9-5-4-8-12(14)2/h4-11H,3H2,1-2H3,(H,19,21). The summed E-state index contributed by atoms with van der Waals surface area (Å²) < 4.78 is 1.84. The summed E-state index contributed by atoms with van der Waals surface area (Å²) in [4.78, 5) is 17.2. The third-order valence-electron chi connectivity index (χ3n) is 3.55. The molecule has 0 aliphatic heterocycles. The van der Waals surface area contributed by atoms with Crippen LogP contribution in [0.25, 0.3) is 5.65 Å². The van der Waals surface area contributed by atoms with Crippen LogP contribution in [0.3, 0.4) is 0 Å². The van der Waals surface area contributed by atoms with Crippen molar-refractivity contribution in [2.45, 2.75) is 20.3 Å². The number of para-hydroxylation sites is 1. The van der Waals surface area contributed by atoms with E-state index in [-0.39, 0.29) is 5.91 Å². The first-order chi connectivity index (χ1) is 10.2. The normalized spacial score (nSPS) is 10.8. The van der Waals surface area contributed by atoms with Gasteiger partial charge in [0.05, 0.1) is 5.69 Å². The molecular weight excluding hydrogens is 262 g/mol. The summed E-state index contributed by atoms with van der Waals surface area (Å²) in [7, 11) is 0. The largest absolute Gasteiger partial charge is 0.320 e. The van der Waals surface area contributed by atoms with E-state index >= 15 is 0 Å². The average molecular weight is 279 g/mol. The molecule has 4 nitrogen and oxygen atoms in total. The van der Waals surface area contributed by atoms with E-state index in [0.29, 0.717) is 5.69 Å². The SMILES string of the molecule is CCc1nc2ccccn2c1C(=O)Nc1ccccc1C. The second kappa shape index (κ2) is 5.40. The molecule has 0 saturated carbocycles. The summed E-state index contributed by atoms with van der Waals surface area (Å²) in [6, 6.07) is 13.5. The first-order valence-corrected chi connectivity index (χ1v) is 7.03. The van der Waals surface area contributed by atoms with Crippen molar-refractivity contribution in [3.63, 3.8) is 0 Å². The van der Waals surface area contributed by atoms with Gasteiger partial charge in [0.25, 0.3) is 5.91 Å². The number of anilines is 1. The molecule has 0 radical (unpaired) electrons. The van der Waals surface area contributed by atoms with Crippen molar-refractivity contribution in [1.82, 2.24) is 9.38 Å². The Bertz CT molecular complexity index is 805. The number of nitrogens with zero attached hydrogens (tertiary/aromatic N) is 2. The van der Waals surface area contributed by atoms with Crippen LogP contribution in [-0.4, -0.2) is 15.3 Å². The Balaban J connectivity index is 2.03. The lowest BCUT2D eigenvalue weighted by molar-refractivity contribution is 0.102. The van der Waals surface area contributed by atoms with E-state index in [1.807, 2.05) is 66.9 Å². The predicted molar refractivity (Wildman–Crippen MR) is 83.7 cm³/mol. The number of carbonyl (C=O) groups excluding carboxylic acids is 1. The molecule has 1 aromatic carbocycles. The Morgan fingerprint density at radius 2 is 1.95 bits per heavy atom. The number of aryl methyl sites for hydroxylation is 2. The molecule has 0 aliphatic rings. The van der Waals surface area contributed by atoms with E-state index in [9.17, 15) is 4.79 Å². The van der Waals surface area contributed by atoms with Gasteiger partial charge in [0, 0.05) is 11.9 Å². The van der Waals surface area contributed by atoms with Gasteiger partial charge in [-0.3, -0.25) is 9.20 Å².